The number of benzene rings is 1. The number of halogens is 1. The molecule has 1 nitrogen and oxygen atoms in total. The maximum atomic E-state index is 3.61. The molecule has 0 atom stereocenters. The Kier molecular flexibility index (Phi) is 3.29. The molecule has 1 aromatic carbocycles. The molecule has 1 aromatic heterocycles. The molecule has 2 heteroatoms. The lowest BCUT2D eigenvalue weighted by atomic mass is 10.0. The van der Waals surface area contributed by atoms with Gasteiger partial charge in [-0.1, -0.05) is 34.1 Å². The number of nitrogens with zero attached hydrogens (tertiary/aromatic N) is 1. The molecule has 0 unspecified atom stereocenters. The highest BCUT2D eigenvalue weighted by Gasteiger charge is 2.17. The van der Waals surface area contributed by atoms with E-state index in [2.05, 4.69) is 71.7 Å². The SMILES string of the molecule is Cc1cccc2cc[n+](C(C)C)c(CBr)c12. The van der Waals surface area contributed by atoms with Gasteiger partial charge in [-0.25, -0.2) is 0 Å². The van der Waals surface area contributed by atoms with Crippen molar-refractivity contribution in [1.29, 1.82) is 0 Å². The highest BCUT2D eigenvalue weighted by atomic mass is 79.9. The van der Waals surface area contributed by atoms with Gasteiger partial charge in [0.2, 0.25) is 0 Å². The fraction of sp³-hybridized carbons (Fsp3) is 0.357. The summed E-state index contributed by atoms with van der Waals surface area (Å²) in [6, 6.07) is 9.18. The van der Waals surface area contributed by atoms with Crippen LogP contribution in [0.25, 0.3) is 10.8 Å². The lowest BCUT2D eigenvalue weighted by Gasteiger charge is -2.09. The van der Waals surface area contributed by atoms with Crippen molar-refractivity contribution < 1.29 is 4.57 Å². The fourth-order valence-corrected chi connectivity index (χ4v) is 2.79. The van der Waals surface area contributed by atoms with Gasteiger partial charge >= 0.3 is 0 Å². The summed E-state index contributed by atoms with van der Waals surface area (Å²) in [6.45, 7) is 6.62. The van der Waals surface area contributed by atoms with Crippen LogP contribution in [0.4, 0.5) is 0 Å². The molecule has 84 valence electrons. The van der Waals surface area contributed by atoms with Crippen LogP contribution in [0.3, 0.4) is 0 Å². The highest BCUT2D eigenvalue weighted by Crippen LogP contribution is 2.22. The number of aromatic nitrogens is 1. The lowest BCUT2D eigenvalue weighted by Crippen LogP contribution is -2.40. The van der Waals surface area contributed by atoms with Crippen LogP contribution in [0, 0.1) is 6.92 Å². The normalized spacial score (nSPS) is 11.3. The van der Waals surface area contributed by atoms with Crippen LogP contribution in [0.15, 0.2) is 30.5 Å². The minimum absolute atomic E-state index is 0.497. The van der Waals surface area contributed by atoms with Crippen LogP contribution >= 0.6 is 15.9 Å². The minimum Gasteiger partial charge on any atom is -0.199 e. The number of aryl methyl sites for hydroxylation is 1. The lowest BCUT2D eigenvalue weighted by molar-refractivity contribution is -0.720. The summed E-state index contributed by atoms with van der Waals surface area (Å²) in [4.78, 5) is 0. The molecule has 2 aromatic rings. The average Bonchev–Trinajstić information content (AvgIpc) is 2.27. The Bertz CT molecular complexity index is 517. The zero-order valence-corrected chi connectivity index (χ0v) is 11.6. The molecule has 0 radical (unpaired) electrons. The molecule has 0 amide bonds. The largest absolute Gasteiger partial charge is 0.200 e. The van der Waals surface area contributed by atoms with E-state index in [1.54, 1.807) is 0 Å². The van der Waals surface area contributed by atoms with E-state index in [1.165, 1.54) is 22.0 Å². The number of fused-ring (bicyclic) bond motifs is 1. The summed E-state index contributed by atoms with van der Waals surface area (Å²) in [6.07, 6.45) is 2.18. The van der Waals surface area contributed by atoms with E-state index < -0.39 is 0 Å². The van der Waals surface area contributed by atoms with Gasteiger partial charge in [0.05, 0.1) is 10.7 Å². The van der Waals surface area contributed by atoms with E-state index in [9.17, 15) is 0 Å². The Hall–Kier alpha value is -0.890. The van der Waals surface area contributed by atoms with E-state index >= 15 is 0 Å². The van der Waals surface area contributed by atoms with Gasteiger partial charge in [0.1, 0.15) is 0 Å². The van der Waals surface area contributed by atoms with Crippen LogP contribution in [-0.4, -0.2) is 0 Å². The van der Waals surface area contributed by atoms with Gasteiger partial charge in [-0.2, -0.15) is 4.57 Å². The molecule has 0 bridgehead atoms. The summed E-state index contributed by atoms with van der Waals surface area (Å²) >= 11 is 3.61. The highest BCUT2D eigenvalue weighted by molar-refractivity contribution is 9.08. The predicted octanol–water partition coefficient (Wildman–Crippen LogP) is 3.91. The molecule has 0 aliphatic heterocycles. The first-order valence-electron chi connectivity index (χ1n) is 5.63. The van der Waals surface area contributed by atoms with Crippen molar-refractivity contribution in [2.75, 3.05) is 0 Å². The summed E-state index contributed by atoms with van der Waals surface area (Å²) < 4.78 is 2.34. The van der Waals surface area contributed by atoms with Gasteiger partial charge < -0.3 is 0 Å². The molecular weight excluding hydrogens is 262 g/mol. The first-order chi connectivity index (χ1) is 7.65. The van der Waals surface area contributed by atoms with Crippen molar-refractivity contribution in [3.63, 3.8) is 0 Å². The maximum Gasteiger partial charge on any atom is 0.200 e. The molecule has 0 saturated carbocycles. The summed E-state index contributed by atoms with van der Waals surface area (Å²) in [5.41, 5.74) is 2.72. The van der Waals surface area contributed by atoms with Crippen LogP contribution < -0.4 is 4.57 Å². The number of alkyl halides is 1. The number of hydrogen-bond donors (Lipinski definition) is 0. The standard InChI is InChI=1S/C14H17BrN/c1-10(2)16-8-7-12-6-4-5-11(3)14(12)13(16)9-15/h4-8,10H,9H2,1-3H3/q+1. The first kappa shape index (κ1) is 11.6. The number of pyridine rings is 1. The van der Waals surface area contributed by atoms with Gasteiger partial charge in [-0.3, -0.25) is 0 Å². The van der Waals surface area contributed by atoms with Gasteiger partial charge in [0.25, 0.3) is 0 Å². The Morgan fingerprint density at radius 2 is 2.00 bits per heavy atom. The van der Waals surface area contributed by atoms with Crippen molar-refractivity contribution in [2.45, 2.75) is 32.1 Å². The zero-order valence-electron chi connectivity index (χ0n) is 10.00. The molecule has 16 heavy (non-hydrogen) atoms. The molecule has 2 rings (SSSR count). The second kappa shape index (κ2) is 4.54. The Balaban J connectivity index is 2.84. The van der Waals surface area contributed by atoms with Crippen LogP contribution in [0.5, 0.6) is 0 Å². The van der Waals surface area contributed by atoms with E-state index in [-0.39, 0.29) is 0 Å². The van der Waals surface area contributed by atoms with Crippen LogP contribution in [0.2, 0.25) is 0 Å². The zero-order chi connectivity index (χ0) is 11.7. The van der Waals surface area contributed by atoms with Gasteiger partial charge in [-0.05, 0) is 31.7 Å². The predicted molar refractivity (Wildman–Crippen MR) is 71.9 cm³/mol. The molecule has 0 N–H and O–H groups in total. The van der Waals surface area contributed by atoms with E-state index in [4.69, 9.17) is 0 Å². The van der Waals surface area contributed by atoms with Crippen molar-refractivity contribution >= 4 is 26.7 Å². The maximum absolute atomic E-state index is 3.61. The van der Waals surface area contributed by atoms with Crippen LogP contribution in [-0.2, 0) is 5.33 Å². The third kappa shape index (κ3) is 1.86. The van der Waals surface area contributed by atoms with Crippen molar-refractivity contribution in [3.8, 4) is 0 Å². The average molecular weight is 279 g/mol. The smallest absolute Gasteiger partial charge is 0.199 e. The van der Waals surface area contributed by atoms with Crippen LogP contribution in [0.1, 0.15) is 31.1 Å². The van der Waals surface area contributed by atoms with Gasteiger partial charge in [0, 0.05) is 6.07 Å². The molecule has 1 heterocycles. The Morgan fingerprint density at radius 3 is 2.62 bits per heavy atom. The molecule has 0 saturated heterocycles. The summed E-state index contributed by atoms with van der Waals surface area (Å²) in [5, 5.41) is 3.61. The number of rotatable bonds is 2. The number of hydrogen-bond acceptors (Lipinski definition) is 0. The Labute approximate surface area is 105 Å². The molecule has 0 spiro atoms. The van der Waals surface area contributed by atoms with E-state index in [1.807, 2.05) is 0 Å². The second-order valence-corrected chi connectivity index (χ2v) is 5.00. The topological polar surface area (TPSA) is 3.88 Å². The molecule has 0 aliphatic rings. The third-order valence-electron chi connectivity index (χ3n) is 3.00. The third-order valence-corrected chi connectivity index (χ3v) is 3.53. The monoisotopic (exact) mass is 278 g/mol. The first-order valence-corrected chi connectivity index (χ1v) is 6.75. The minimum atomic E-state index is 0.497. The fourth-order valence-electron chi connectivity index (χ4n) is 2.22. The molecule has 0 aliphatic carbocycles. The molecular formula is C14H17BrN+. The van der Waals surface area contributed by atoms with E-state index in [0.29, 0.717) is 6.04 Å². The Morgan fingerprint density at radius 1 is 1.25 bits per heavy atom. The second-order valence-electron chi connectivity index (χ2n) is 4.44. The van der Waals surface area contributed by atoms with Gasteiger partial charge in [-0.15, -0.1) is 0 Å². The van der Waals surface area contributed by atoms with Crippen molar-refractivity contribution in [3.05, 3.63) is 41.7 Å². The summed E-state index contributed by atoms with van der Waals surface area (Å²) in [5.74, 6) is 0. The van der Waals surface area contributed by atoms with Crippen molar-refractivity contribution in [2.24, 2.45) is 0 Å². The quantitative estimate of drug-likeness (QED) is 0.579. The van der Waals surface area contributed by atoms with Crippen molar-refractivity contribution in [1.82, 2.24) is 0 Å². The van der Waals surface area contributed by atoms with Gasteiger partial charge in [0.15, 0.2) is 17.9 Å². The summed E-state index contributed by atoms with van der Waals surface area (Å²) in [7, 11) is 0. The van der Waals surface area contributed by atoms with E-state index in [0.717, 1.165) is 5.33 Å². The molecule has 0 fully saturated rings.